The summed E-state index contributed by atoms with van der Waals surface area (Å²) >= 11 is 0. The highest BCUT2D eigenvalue weighted by Crippen LogP contribution is 2.30. The minimum atomic E-state index is -0.597. The molecule has 0 saturated heterocycles. The zero-order chi connectivity index (χ0) is 13.3. The number of rotatable bonds is 2. The van der Waals surface area contributed by atoms with Crippen molar-refractivity contribution < 1.29 is 13.6 Å². The lowest BCUT2D eigenvalue weighted by Gasteiger charge is -2.10. The van der Waals surface area contributed by atoms with E-state index in [0.29, 0.717) is 28.5 Å². The van der Waals surface area contributed by atoms with E-state index >= 15 is 0 Å². The molecule has 0 saturated carbocycles. The van der Waals surface area contributed by atoms with E-state index < -0.39 is 11.6 Å². The summed E-state index contributed by atoms with van der Waals surface area (Å²) in [6.07, 6.45) is 0.708. The molecule has 0 unspecified atom stereocenters. The van der Waals surface area contributed by atoms with Crippen LogP contribution in [0.3, 0.4) is 0 Å². The highest BCUT2D eigenvalue weighted by Gasteiger charge is 2.15. The Morgan fingerprint density at radius 1 is 1.00 bits per heavy atom. The molecule has 2 rings (SSSR count). The average molecular weight is 246 g/mol. The summed E-state index contributed by atoms with van der Waals surface area (Å²) < 4.78 is 27.8. The fourth-order valence-corrected chi connectivity index (χ4v) is 1.94. The lowest BCUT2D eigenvalue weighted by atomic mass is 9.96. The second-order valence-electron chi connectivity index (χ2n) is 4.25. The molecule has 18 heavy (non-hydrogen) atoms. The maximum atomic E-state index is 14.0. The maximum Gasteiger partial charge on any atom is 0.150 e. The quantitative estimate of drug-likeness (QED) is 0.730. The van der Waals surface area contributed by atoms with Crippen LogP contribution < -0.4 is 0 Å². The Balaban J connectivity index is 2.69. The van der Waals surface area contributed by atoms with E-state index in [1.165, 1.54) is 12.1 Å². The second-order valence-corrected chi connectivity index (χ2v) is 4.25. The van der Waals surface area contributed by atoms with E-state index in [1.807, 2.05) is 0 Å². The molecule has 2 aromatic rings. The molecular weight excluding hydrogens is 234 g/mol. The van der Waals surface area contributed by atoms with Gasteiger partial charge in [0.2, 0.25) is 0 Å². The van der Waals surface area contributed by atoms with Crippen LogP contribution in [-0.4, -0.2) is 6.29 Å². The summed E-state index contributed by atoms with van der Waals surface area (Å²) in [7, 11) is 0. The lowest BCUT2D eigenvalue weighted by molar-refractivity contribution is 0.112. The van der Waals surface area contributed by atoms with Crippen molar-refractivity contribution in [3.63, 3.8) is 0 Å². The van der Waals surface area contributed by atoms with E-state index in [4.69, 9.17) is 0 Å². The number of aldehydes is 1. The molecule has 0 heterocycles. The van der Waals surface area contributed by atoms with Crippen LogP contribution in [0.4, 0.5) is 8.78 Å². The van der Waals surface area contributed by atoms with Gasteiger partial charge in [-0.3, -0.25) is 4.79 Å². The number of benzene rings is 2. The Bertz CT molecular complexity index is 618. The number of hydrogen-bond acceptors (Lipinski definition) is 1. The summed E-state index contributed by atoms with van der Waals surface area (Å²) in [6, 6.07) is 7.39. The largest absolute Gasteiger partial charge is 0.298 e. The molecule has 2 aromatic carbocycles. The van der Waals surface area contributed by atoms with Gasteiger partial charge in [-0.15, -0.1) is 0 Å². The van der Waals surface area contributed by atoms with Gasteiger partial charge in [-0.1, -0.05) is 18.2 Å². The number of carbonyl (C=O) groups is 1. The molecule has 0 N–H and O–H groups in total. The fraction of sp³-hybridized carbons (Fsp3) is 0.133. The van der Waals surface area contributed by atoms with Crippen molar-refractivity contribution in [2.24, 2.45) is 0 Å². The standard InChI is InChI=1S/C15H12F2O/c1-9-3-6-13(16)14(15(9)17)12-5-4-11(8-18)7-10(12)2/h3-8H,1-2H3. The van der Waals surface area contributed by atoms with Gasteiger partial charge in [0, 0.05) is 5.56 Å². The topological polar surface area (TPSA) is 17.1 Å². The number of carbonyl (C=O) groups excluding carboxylic acids is 1. The van der Waals surface area contributed by atoms with E-state index in [2.05, 4.69) is 0 Å². The van der Waals surface area contributed by atoms with Crippen LogP contribution in [0.15, 0.2) is 30.3 Å². The van der Waals surface area contributed by atoms with Gasteiger partial charge in [-0.25, -0.2) is 8.78 Å². The van der Waals surface area contributed by atoms with Crippen LogP contribution in [0.2, 0.25) is 0 Å². The van der Waals surface area contributed by atoms with Crippen LogP contribution in [0.25, 0.3) is 11.1 Å². The molecule has 0 aliphatic carbocycles. The minimum Gasteiger partial charge on any atom is -0.298 e. The third-order valence-electron chi connectivity index (χ3n) is 2.94. The molecular formula is C15H12F2O. The Kier molecular flexibility index (Phi) is 3.24. The van der Waals surface area contributed by atoms with Crippen LogP contribution in [0.5, 0.6) is 0 Å². The van der Waals surface area contributed by atoms with Crippen molar-refractivity contribution in [3.05, 3.63) is 58.7 Å². The first kappa shape index (κ1) is 12.4. The molecule has 92 valence electrons. The van der Waals surface area contributed by atoms with Gasteiger partial charge in [0.25, 0.3) is 0 Å². The molecule has 0 aliphatic rings. The maximum absolute atomic E-state index is 14.0. The Labute approximate surface area is 104 Å². The van der Waals surface area contributed by atoms with E-state index in [0.717, 1.165) is 0 Å². The van der Waals surface area contributed by atoms with Gasteiger partial charge in [0.05, 0.1) is 5.56 Å². The van der Waals surface area contributed by atoms with Gasteiger partial charge in [-0.2, -0.15) is 0 Å². The number of hydrogen-bond donors (Lipinski definition) is 0. The molecule has 0 aromatic heterocycles. The summed E-state index contributed by atoms with van der Waals surface area (Å²) in [5, 5.41) is 0. The smallest absolute Gasteiger partial charge is 0.150 e. The first-order valence-electron chi connectivity index (χ1n) is 5.55. The lowest BCUT2D eigenvalue weighted by Crippen LogP contribution is -1.96. The zero-order valence-corrected chi connectivity index (χ0v) is 10.1. The highest BCUT2D eigenvalue weighted by molar-refractivity contribution is 5.79. The predicted octanol–water partition coefficient (Wildman–Crippen LogP) is 4.06. The van der Waals surface area contributed by atoms with Crippen molar-refractivity contribution in [1.82, 2.24) is 0 Å². The molecule has 0 radical (unpaired) electrons. The molecule has 0 amide bonds. The van der Waals surface area contributed by atoms with Crippen LogP contribution in [0.1, 0.15) is 21.5 Å². The first-order chi connectivity index (χ1) is 8.54. The minimum absolute atomic E-state index is 0.0371. The molecule has 3 heteroatoms. The summed E-state index contributed by atoms with van der Waals surface area (Å²) in [5.74, 6) is -1.16. The van der Waals surface area contributed by atoms with Crippen molar-refractivity contribution in [3.8, 4) is 11.1 Å². The molecule has 1 nitrogen and oxygen atoms in total. The average Bonchev–Trinajstić information content (AvgIpc) is 2.36. The molecule has 0 aliphatic heterocycles. The van der Waals surface area contributed by atoms with Gasteiger partial charge < -0.3 is 0 Å². The van der Waals surface area contributed by atoms with Gasteiger partial charge in [-0.05, 0) is 42.7 Å². The Hall–Kier alpha value is -2.03. The first-order valence-corrected chi connectivity index (χ1v) is 5.55. The van der Waals surface area contributed by atoms with Gasteiger partial charge in [0.15, 0.2) is 0 Å². The predicted molar refractivity (Wildman–Crippen MR) is 66.7 cm³/mol. The summed E-state index contributed by atoms with van der Waals surface area (Å²) in [6.45, 7) is 3.32. The third kappa shape index (κ3) is 2.04. The molecule has 0 spiro atoms. The van der Waals surface area contributed by atoms with Crippen LogP contribution in [0, 0.1) is 25.5 Å². The summed E-state index contributed by atoms with van der Waals surface area (Å²) in [4.78, 5) is 10.6. The van der Waals surface area contributed by atoms with Gasteiger partial charge in [0.1, 0.15) is 17.9 Å². The Morgan fingerprint density at radius 3 is 2.33 bits per heavy atom. The zero-order valence-electron chi connectivity index (χ0n) is 10.1. The van der Waals surface area contributed by atoms with Crippen molar-refractivity contribution >= 4 is 6.29 Å². The Morgan fingerprint density at radius 2 is 1.72 bits per heavy atom. The fourth-order valence-electron chi connectivity index (χ4n) is 1.94. The highest BCUT2D eigenvalue weighted by atomic mass is 19.1. The molecule has 0 fully saturated rings. The normalized spacial score (nSPS) is 10.4. The van der Waals surface area contributed by atoms with Crippen molar-refractivity contribution in [2.75, 3.05) is 0 Å². The van der Waals surface area contributed by atoms with E-state index in [-0.39, 0.29) is 5.56 Å². The van der Waals surface area contributed by atoms with Crippen LogP contribution in [-0.2, 0) is 0 Å². The third-order valence-corrected chi connectivity index (χ3v) is 2.94. The van der Waals surface area contributed by atoms with Crippen molar-refractivity contribution in [2.45, 2.75) is 13.8 Å². The van der Waals surface area contributed by atoms with Gasteiger partial charge >= 0.3 is 0 Å². The summed E-state index contributed by atoms with van der Waals surface area (Å²) in [5.41, 5.74) is 1.99. The van der Waals surface area contributed by atoms with E-state index in [1.54, 1.807) is 32.0 Å². The van der Waals surface area contributed by atoms with Crippen LogP contribution >= 0.6 is 0 Å². The number of halogens is 2. The van der Waals surface area contributed by atoms with Crippen molar-refractivity contribution in [1.29, 1.82) is 0 Å². The monoisotopic (exact) mass is 246 g/mol. The second kappa shape index (κ2) is 4.69. The van der Waals surface area contributed by atoms with E-state index in [9.17, 15) is 13.6 Å². The molecule has 0 atom stereocenters. The molecule has 0 bridgehead atoms. The number of aryl methyl sites for hydroxylation is 2. The SMILES string of the molecule is Cc1cc(C=O)ccc1-c1c(F)ccc(C)c1F.